The number of rotatable bonds is 4. The molecule has 5 nitrogen and oxygen atoms in total. The number of likely N-dealkylation sites (tertiary alicyclic amines) is 1. The van der Waals surface area contributed by atoms with Gasteiger partial charge in [0, 0.05) is 31.2 Å². The van der Waals surface area contributed by atoms with Crippen molar-refractivity contribution in [2.75, 3.05) is 34.4 Å². The van der Waals surface area contributed by atoms with Crippen molar-refractivity contribution in [2.45, 2.75) is 26.3 Å². The average Bonchev–Trinajstić information content (AvgIpc) is 2.56. The highest BCUT2D eigenvalue weighted by Crippen LogP contribution is 2.33. The Morgan fingerprint density at radius 3 is 2.58 bits per heavy atom. The van der Waals surface area contributed by atoms with Crippen LogP contribution in [0.1, 0.15) is 25.3 Å². The minimum absolute atomic E-state index is 0. The number of nitrogens with one attached hydrogen (secondary N) is 1. The van der Waals surface area contributed by atoms with Crippen LogP contribution in [0.2, 0.25) is 0 Å². The lowest BCUT2D eigenvalue weighted by Crippen LogP contribution is -2.45. The molecule has 0 aromatic heterocycles. The zero-order valence-corrected chi connectivity index (χ0v) is 18.7. The van der Waals surface area contributed by atoms with E-state index < -0.39 is 0 Å². The molecule has 1 atom stereocenters. The number of ether oxygens (including phenoxy) is 2. The fourth-order valence-electron chi connectivity index (χ4n) is 2.92. The quantitative estimate of drug-likeness (QED) is 0.378. The summed E-state index contributed by atoms with van der Waals surface area (Å²) in [6, 6.07) is 3.92. The summed E-state index contributed by atoms with van der Waals surface area (Å²) >= 11 is 3.60. The van der Waals surface area contributed by atoms with Crippen molar-refractivity contribution >= 4 is 45.9 Å². The molecular weight excluding hydrogens is 485 g/mol. The second kappa shape index (κ2) is 10.3. The van der Waals surface area contributed by atoms with Gasteiger partial charge in [-0.25, -0.2) is 0 Å². The van der Waals surface area contributed by atoms with Gasteiger partial charge in [-0.3, -0.25) is 4.99 Å². The van der Waals surface area contributed by atoms with Crippen LogP contribution in [0.3, 0.4) is 0 Å². The number of nitrogens with zero attached hydrogens (tertiary/aromatic N) is 2. The summed E-state index contributed by atoms with van der Waals surface area (Å²) in [4.78, 5) is 6.76. The van der Waals surface area contributed by atoms with Crippen molar-refractivity contribution in [3.63, 3.8) is 0 Å². The van der Waals surface area contributed by atoms with Gasteiger partial charge in [-0.2, -0.15) is 0 Å². The SMILES string of the molecule is CN=C(NCc1cc(OC)c(OC)cc1Br)N1CCCC(C)C1.I. The molecule has 1 unspecified atom stereocenters. The number of piperidine rings is 1. The highest BCUT2D eigenvalue weighted by atomic mass is 127. The van der Waals surface area contributed by atoms with E-state index in [1.165, 1.54) is 12.8 Å². The Morgan fingerprint density at radius 1 is 1.33 bits per heavy atom. The smallest absolute Gasteiger partial charge is 0.193 e. The van der Waals surface area contributed by atoms with Crippen LogP contribution in [0.5, 0.6) is 11.5 Å². The standard InChI is InChI=1S/C17H26BrN3O2.HI/c1-12-6-5-7-21(11-12)17(19-2)20-10-13-8-15(22-3)16(23-4)9-14(13)18;/h8-9,12H,5-7,10-11H2,1-4H3,(H,19,20);1H. The van der Waals surface area contributed by atoms with Crippen LogP contribution in [-0.4, -0.2) is 45.2 Å². The summed E-state index contributed by atoms with van der Waals surface area (Å²) < 4.78 is 11.7. The van der Waals surface area contributed by atoms with E-state index in [1.54, 1.807) is 14.2 Å². The molecule has 7 heteroatoms. The fourth-order valence-corrected chi connectivity index (χ4v) is 3.38. The van der Waals surface area contributed by atoms with Gasteiger partial charge in [0.05, 0.1) is 14.2 Å². The van der Waals surface area contributed by atoms with Crippen molar-refractivity contribution in [3.8, 4) is 11.5 Å². The van der Waals surface area contributed by atoms with Gasteiger partial charge in [0.2, 0.25) is 0 Å². The van der Waals surface area contributed by atoms with Crippen LogP contribution in [0.15, 0.2) is 21.6 Å². The average molecular weight is 512 g/mol. The summed E-state index contributed by atoms with van der Waals surface area (Å²) in [5, 5.41) is 3.46. The van der Waals surface area contributed by atoms with Crippen LogP contribution in [0.25, 0.3) is 0 Å². The molecule has 0 radical (unpaired) electrons. The maximum atomic E-state index is 5.38. The summed E-state index contributed by atoms with van der Waals surface area (Å²) in [6.07, 6.45) is 2.52. The summed E-state index contributed by atoms with van der Waals surface area (Å²) in [5.74, 6) is 3.12. The number of methoxy groups -OCH3 is 2. The first-order valence-corrected chi connectivity index (χ1v) is 8.74. The molecule has 2 rings (SSSR count). The Balaban J connectivity index is 0.00000288. The predicted molar refractivity (Wildman–Crippen MR) is 113 cm³/mol. The minimum Gasteiger partial charge on any atom is -0.493 e. The largest absolute Gasteiger partial charge is 0.493 e. The molecule has 1 aromatic rings. The second-order valence-electron chi connectivity index (χ2n) is 5.89. The van der Waals surface area contributed by atoms with E-state index in [1.807, 2.05) is 19.2 Å². The molecular formula is C17H27BrIN3O2. The van der Waals surface area contributed by atoms with E-state index in [0.29, 0.717) is 6.54 Å². The number of hydrogen-bond acceptors (Lipinski definition) is 3. The highest BCUT2D eigenvalue weighted by molar-refractivity contribution is 14.0. The van der Waals surface area contributed by atoms with Gasteiger partial charge in [-0.1, -0.05) is 22.9 Å². The third-order valence-electron chi connectivity index (χ3n) is 4.16. The number of hydrogen-bond donors (Lipinski definition) is 1. The second-order valence-corrected chi connectivity index (χ2v) is 6.75. The molecule has 24 heavy (non-hydrogen) atoms. The van der Waals surface area contributed by atoms with Gasteiger partial charge < -0.3 is 19.7 Å². The molecule has 0 spiro atoms. The first-order chi connectivity index (χ1) is 11.1. The van der Waals surface area contributed by atoms with E-state index in [0.717, 1.165) is 46.5 Å². The lowest BCUT2D eigenvalue weighted by atomic mass is 10.0. The zero-order valence-electron chi connectivity index (χ0n) is 14.8. The Kier molecular flexibility index (Phi) is 9.18. The predicted octanol–water partition coefficient (Wildman–Crippen LogP) is 3.89. The molecule has 1 aliphatic rings. The van der Waals surface area contributed by atoms with E-state index in [4.69, 9.17) is 9.47 Å². The number of benzene rings is 1. The van der Waals surface area contributed by atoms with Crippen LogP contribution >= 0.6 is 39.9 Å². The molecule has 0 bridgehead atoms. The molecule has 1 heterocycles. The van der Waals surface area contributed by atoms with Crippen LogP contribution in [0, 0.1) is 5.92 Å². The van der Waals surface area contributed by atoms with Gasteiger partial charge in [0.25, 0.3) is 0 Å². The zero-order chi connectivity index (χ0) is 16.8. The lowest BCUT2D eigenvalue weighted by Gasteiger charge is -2.33. The fraction of sp³-hybridized carbons (Fsp3) is 0.588. The maximum absolute atomic E-state index is 5.38. The number of aliphatic imine (C=N–C) groups is 1. The van der Waals surface area contributed by atoms with Crippen molar-refractivity contribution in [1.82, 2.24) is 10.2 Å². The van der Waals surface area contributed by atoms with Crippen LogP contribution in [-0.2, 0) is 6.54 Å². The van der Waals surface area contributed by atoms with Crippen molar-refractivity contribution in [1.29, 1.82) is 0 Å². The van der Waals surface area contributed by atoms with Crippen LogP contribution < -0.4 is 14.8 Å². The third-order valence-corrected chi connectivity index (χ3v) is 4.90. The number of halogens is 2. The van der Waals surface area contributed by atoms with Gasteiger partial charge in [0.15, 0.2) is 17.5 Å². The van der Waals surface area contributed by atoms with E-state index in [2.05, 4.69) is 38.1 Å². The molecule has 1 aromatic carbocycles. The number of guanidine groups is 1. The van der Waals surface area contributed by atoms with E-state index >= 15 is 0 Å². The topological polar surface area (TPSA) is 46.1 Å². The first-order valence-electron chi connectivity index (χ1n) is 7.95. The van der Waals surface area contributed by atoms with Crippen molar-refractivity contribution < 1.29 is 9.47 Å². The summed E-state index contributed by atoms with van der Waals surface area (Å²) in [5.41, 5.74) is 1.11. The molecule has 1 fully saturated rings. The highest BCUT2D eigenvalue weighted by Gasteiger charge is 2.19. The Labute approximate surface area is 170 Å². The molecule has 0 amide bonds. The first kappa shape index (κ1) is 21.3. The third kappa shape index (κ3) is 5.40. The lowest BCUT2D eigenvalue weighted by molar-refractivity contribution is 0.266. The summed E-state index contributed by atoms with van der Waals surface area (Å²) in [6.45, 7) is 5.10. The Morgan fingerprint density at radius 2 is 2.00 bits per heavy atom. The maximum Gasteiger partial charge on any atom is 0.193 e. The molecule has 0 saturated carbocycles. The van der Waals surface area contributed by atoms with Crippen LogP contribution in [0.4, 0.5) is 0 Å². The minimum atomic E-state index is 0. The summed E-state index contributed by atoms with van der Waals surface area (Å²) in [7, 11) is 5.13. The van der Waals surface area contributed by atoms with Gasteiger partial charge >= 0.3 is 0 Å². The van der Waals surface area contributed by atoms with Gasteiger partial charge in [-0.05, 0) is 36.5 Å². The van der Waals surface area contributed by atoms with Crippen molar-refractivity contribution in [2.24, 2.45) is 10.9 Å². The van der Waals surface area contributed by atoms with Gasteiger partial charge in [-0.15, -0.1) is 24.0 Å². The molecule has 1 N–H and O–H groups in total. The molecule has 1 aliphatic heterocycles. The molecule has 136 valence electrons. The molecule has 0 aliphatic carbocycles. The molecule has 1 saturated heterocycles. The van der Waals surface area contributed by atoms with Crippen molar-refractivity contribution in [3.05, 3.63) is 22.2 Å². The monoisotopic (exact) mass is 511 g/mol. The Bertz CT molecular complexity index is 569. The van der Waals surface area contributed by atoms with Gasteiger partial charge in [0.1, 0.15) is 0 Å². The normalized spacial score (nSPS) is 18.0. The van der Waals surface area contributed by atoms with E-state index in [-0.39, 0.29) is 24.0 Å². The van der Waals surface area contributed by atoms with E-state index in [9.17, 15) is 0 Å². The Hall–Kier alpha value is -0.700.